The SMILES string of the molecule is CCCNc1cc(NCc2cccc(F)c2)nc(N)n1. The van der Waals surface area contributed by atoms with Crippen LogP contribution in [-0.2, 0) is 6.54 Å². The zero-order valence-corrected chi connectivity index (χ0v) is 11.4. The van der Waals surface area contributed by atoms with Crippen molar-refractivity contribution in [3.05, 3.63) is 41.7 Å². The number of rotatable bonds is 6. The monoisotopic (exact) mass is 275 g/mol. The van der Waals surface area contributed by atoms with Gasteiger partial charge < -0.3 is 16.4 Å². The van der Waals surface area contributed by atoms with E-state index in [9.17, 15) is 4.39 Å². The number of aromatic nitrogens is 2. The van der Waals surface area contributed by atoms with Crippen LogP contribution in [0, 0.1) is 5.82 Å². The van der Waals surface area contributed by atoms with Crippen molar-refractivity contribution in [3.8, 4) is 0 Å². The lowest BCUT2D eigenvalue weighted by molar-refractivity contribution is 0.626. The van der Waals surface area contributed by atoms with Gasteiger partial charge >= 0.3 is 0 Å². The maximum atomic E-state index is 13.1. The van der Waals surface area contributed by atoms with Crippen LogP contribution in [0.5, 0.6) is 0 Å². The molecule has 0 unspecified atom stereocenters. The van der Waals surface area contributed by atoms with Crippen molar-refractivity contribution in [3.63, 3.8) is 0 Å². The zero-order valence-electron chi connectivity index (χ0n) is 11.4. The average molecular weight is 275 g/mol. The molecular weight excluding hydrogens is 257 g/mol. The van der Waals surface area contributed by atoms with Crippen LogP contribution in [0.4, 0.5) is 22.0 Å². The molecule has 4 N–H and O–H groups in total. The van der Waals surface area contributed by atoms with Crippen molar-refractivity contribution >= 4 is 17.6 Å². The van der Waals surface area contributed by atoms with Gasteiger partial charge in [-0.2, -0.15) is 9.97 Å². The summed E-state index contributed by atoms with van der Waals surface area (Å²) in [5.74, 6) is 1.24. The summed E-state index contributed by atoms with van der Waals surface area (Å²) in [6.45, 7) is 3.36. The summed E-state index contributed by atoms with van der Waals surface area (Å²) in [4.78, 5) is 8.20. The molecule has 5 nitrogen and oxygen atoms in total. The van der Waals surface area contributed by atoms with E-state index in [1.54, 1.807) is 12.1 Å². The van der Waals surface area contributed by atoms with Crippen molar-refractivity contribution in [2.24, 2.45) is 0 Å². The first-order valence-electron chi connectivity index (χ1n) is 6.54. The van der Waals surface area contributed by atoms with E-state index in [1.807, 2.05) is 6.07 Å². The summed E-state index contributed by atoms with van der Waals surface area (Å²) in [6, 6.07) is 8.20. The minimum atomic E-state index is -0.253. The molecule has 1 aromatic carbocycles. The topological polar surface area (TPSA) is 75.9 Å². The Morgan fingerprint density at radius 3 is 2.60 bits per heavy atom. The van der Waals surface area contributed by atoms with Gasteiger partial charge in [0.25, 0.3) is 0 Å². The molecular formula is C14H18FN5. The second-order valence-electron chi connectivity index (χ2n) is 4.41. The molecule has 0 bridgehead atoms. The molecule has 0 amide bonds. The Bertz CT molecular complexity index is 573. The van der Waals surface area contributed by atoms with Crippen LogP contribution in [-0.4, -0.2) is 16.5 Å². The van der Waals surface area contributed by atoms with Crippen molar-refractivity contribution in [1.29, 1.82) is 0 Å². The summed E-state index contributed by atoms with van der Waals surface area (Å²) < 4.78 is 13.1. The highest BCUT2D eigenvalue weighted by Crippen LogP contribution is 2.14. The summed E-state index contributed by atoms with van der Waals surface area (Å²) in [5.41, 5.74) is 6.50. The molecule has 6 heteroatoms. The second kappa shape index (κ2) is 6.70. The molecule has 0 aliphatic heterocycles. The quantitative estimate of drug-likeness (QED) is 0.755. The smallest absolute Gasteiger partial charge is 0.223 e. The number of nitrogens with one attached hydrogen (secondary N) is 2. The lowest BCUT2D eigenvalue weighted by Gasteiger charge is -2.09. The molecule has 0 aliphatic carbocycles. The van der Waals surface area contributed by atoms with Gasteiger partial charge in [-0.1, -0.05) is 19.1 Å². The van der Waals surface area contributed by atoms with E-state index in [2.05, 4.69) is 27.5 Å². The molecule has 20 heavy (non-hydrogen) atoms. The normalized spacial score (nSPS) is 10.3. The maximum absolute atomic E-state index is 13.1. The van der Waals surface area contributed by atoms with E-state index >= 15 is 0 Å². The number of hydrogen-bond acceptors (Lipinski definition) is 5. The number of anilines is 3. The van der Waals surface area contributed by atoms with Crippen molar-refractivity contribution in [2.75, 3.05) is 22.9 Å². The molecule has 2 aromatic rings. The lowest BCUT2D eigenvalue weighted by atomic mass is 10.2. The van der Waals surface area contributed by atoms with Gasteiger partial charge in [0.1, 0.15) is 17.5 Å². The Labute approximate surface area is 117 Å². The van der Waals surface area contributed by atoms with Gasteiger partial charge in [-0.05, 0) is 24.1 Å². The summed E-state index contributed by atoms with van der Waals surface area (Å²) in [6.07, 6.45) is 0.996. The van der Waals surface area contributed by atoms with Gasteiger partial charge in [-0.25, -0.2) is 4.39 Å². The second-order valence-corrected chi connectivity index (χ2v) is 4.41. The van der Waals surface area contributed by atoms with Crippen LogP contribution in [0.15, 0.2) is 30.3 Å². The van der Waals surface area contributed by atoms with Crippen LogP contribution in [0.25, 0.3) is 0 Å². The highest BCUT2D eigenvalue weighted by atomic mass is 19.1. The van der Waals surface area contributed by atoms with Crippen molar-refractivity contribution in [1.82, 2.24) is 9.97 Å². The Hall–Kier alpha value is -2.37. The van der Waals surface area contributed by atoms with Crippen molar-refractivity contribution < 1.29 is 4.39 Å². The minimum Gasteiger partial charge on any atom is -0.370 e. The predicted octanol–water partition coefficient (Wildman–Crippen LogP) is 2.63. The van der Waals surface area contributed by atoms with Crippen LogP contribution >= 0.6 is 0 Å². The first-order valence-corrected chi connectivity index (χ1v) is 6.54. The van der Waals surface area contributed by atoms with Gasteiger partial charge in [0.2, 0.25) is 5.95 Å². The Kier molecular flexibility index (Phi) is 4.70. The summed E-state index contributed by atoms with van der Waals surface area (Å²) >= 11 is 0. The molecule has 0 radical (unpaired) electrons. The highest BCUT2D eigenvalue weighted by Gasteiger charge is 2.02. The molecule has 1 aromatic heterocycles. The third-order valence-corrected chi connectivity index (χ3v) is 2.66. The molecule has 0 spiro atoms. The van der Waals surface area contributed by atoms with E-state index in [1.165, 1.54) is 12.1 Å². The molecule has 2 rings (SSSR count). The number of hydrogen-bond donors (Lipinski definition) is 3. The number of halogens is 1. The van der Waals surface area contributed by atoms with Gasteiger partial charge in [0, 0.05) is 19.2 Å². The van der Waals surface area contributed by atoms with E-state index in [0.29, 0.717) is 18.2 Å². The third kappa shape index (κ3) is 4.08. The summed E-state index contributed by atoms with van der Waals surface area (Å²) in [7, 11) is 0. The predicted molar refractivity (Wildman–Crippen MR) is 79.0 cm³/mol. The van der Waals surface area contributed by atoms with Crippen LogP contribution in [0.2, 0.25) is 0 Å². The number of nitrogens with two attached hydrogens (primary N) is 1. The molecule has 0 fully saturated rings. The molecule has 0 saturated carbocycles. The van der Waals surface area contributed by atoms with E-state index in [4.69, 9.17) is 5.73 Å². The van der Waals surface area contributed by atoms with E-state index < -0.39 is 0 Å². The molecule has 106 valence electrons. The third-order valence-electron chi connectivity index (χ3n) is 2.66. The maximum Gasteiger partial charge on any atom is 0.223 e. The fourth-order valence-corrected chi connectivity index (χ4v) is 1.74. The van der Waals surface area contributed by atoms with Gasteiger partial charge in [0.05, 0.1) is 0 Å². The molecule has 0 atom stereocenters. The highest BCUT2D eigenvalue weighted by molar-refractivity contribution is 5.51. The molecule has 1 heterocycles. The number of benzene rings is 1. The van der Waals surface area contributed by atoms with Crippen LogP contribution < -0.4 is 16.4 Å². The van der Waals surface area contributed by atoms with Crippen LogP contribution in [0.1, 0.15) is 18.9 Å². The number of nitrogen functional groups attached to an aromatic ring is 1. The standard InChI is InChI=1S/C14H18FN5/c1-2-6-17-12-8-13(20-14(16)19-12)18-9-10-4-3-5-11(15)7-10/h3-5,7-8H,2,6,9H2,1H3,(H4,16,17,18,19,20). The largest absolute Gasteiger partial charge is 0.370 e. The minimum absolute atomic E-state index is 0.202. The first-order chi connectivity index (χ1) is 9.67. The Balaban J connectivity index is 2.03. The van der Waals surface area contributed by atoms with Crippen molar-refractivity contribution in [2.45, 2.75) is 19.9 Å². The van der Waals surface area contributed by atoms with E-state index in [-0.39, 0.29) is 11.8 Å². The van der Waals surface area contributed by atoms with Gasteiger partial charge in [-0.15, -0.1) is 0 Å². The fraction of sp³-hybridized carbons (Fsp3) is 0.286. The van der Waals surface area contributed by atoms with Gasteiger partial charge in [-0.3, -0.25) is 0 Å². The van der Waals surface area contributed by atoms with E-state index in [0.717, 1.165) is 18.5 Å². The number of nitrogens with zero attached hydrogens (tertiary/aromatic N) is 2. The lowest BCUT2D eigenvalue weighted by Crippen LogP contribution is -2.08. The Morgan fingerprint density at radius 2 is 1.90 bits per heavy atom. The first kappa shape index (κ1) is 14.0. The molecule has 0 aliphatic rings. The van der Waals surface area contributed by atoms with Crippen LogP contribution in [0.3, 0.4) is 0 Å². The average Bonchev–Trinajstić information content (AvgIpc) is 2.42. The molecule has 0 saturated heterocycles. The van der Waals surface area contributed by atoms with Gasteiger partial charge in [0.15, 0.2) is 0 Å². The fourth-order valence-electron chi connectivity index (χ4n) is 1.74. The zero-order chi connectivity index (χ0) is 14.4. The summed E-state index contributed by atoms with van der Waals surface area (Å²) in [5, 5.41) is 6.26. The Morgan fingerprint density at radius 1 is 1.15 bits per heavy atom.